The van der Waals surface area contributed by atoms with Crippen LogP contribution in [0, 0.1) is 0 Å². The highest BCUT2D eigenvalue weighted by Gasteiger charge is 2.06. The topological polar surface area (TPSA) is 76.2 Å². The van der Waals surface area contributed by atoms with Gasteiger partial charge in [0.15, 0.2) is 0 Å². The number of aliphatic carboxylic acids is 1. The molecule has 3 N–H and O–H groups in total. The Kier molecular flexibility index (Phi) is 2.50. The molecule has 5 heteroatoms. The minimum Gasteiger partial charge on any atom is -0.481 e. The molecule has 1 rings (SSSR count). The predicted octanol–water partition coefficient (Wildman–Crippen LogP) is 0.944. The summed E-state index contributed by atoms with van der Waals surface area (Å²) in [4.78, 5) is 14.1. The number of carboxylic acids is 1. The van der Waals surface area contributed by atoms with Crippen LogP contribution in [0.15, 0.2) is 12.1 Å². The van der Waals surface area contributed by atoms with Gasteiger partial charge in [-0.25, -0.2) is 4.98 Å². The van der Waals surface area contributed by atoms with Crippen LogP contribution in [0.4, 0.5) is 5.69 Å². The average molecular weight is 187 g/mol. The van der Waals surface area contributed by atoms with Gasteiger partial charge in [-0.3, -0.25) is 4.79 Å². The van der Waals surface area contributed by atoms with Crippen LogP contribution in [0.3, 0.4) is 0 Å². The molecule has 12 heavy (non-hydrogen) atoms. The summed E-state index contributed by atoms with van der Waals surface area (Å²) in [5.74, 6) is -0.975. The SMILES string of the molecule is Nc1ccc(Cl)nc1CC(=O)O. The molecule has 0 saturated heterocycles. The number of aromatic nitrogens is 1. The number of hydrogen-bond acceptors (Lipinski definition) is 3. The zero-order valence-electron chi connectivity index (χ0n) is 6.12. The first-order valence-electron chi connectivity index (χ1n) is 3.22. The molecule has 0 aliphatic carbocycles. The summed E-state index contributed by atoms with van der Waals surface area (Å²) in [6.45, 7) is 0. The molecule has 0 aliphatic heterocycles. The van der Waals surface area contributed by atoms with Crippen LogP contribution in [0.25, 0.3) is 0 Å². The molecule has 0 bridgehead atoms. The van der Waals surface area contributed by atoms with Crippen LogP contribution in [0.5, 0.6) is 0 Å². The minimum absolute atomic E-state index is 0.202. The van der Waals surface area contributed by atoms with Crippen LogP contribution in [0.1, 0.15) is 5.69 Å². The Labute approximate surface area is 74.0 Å². The lowest BCUT2D eigenvalue weighted by Crippen LogP contribution is -2.05. The summed E-state index contributed by atoms with van der Waals surface area (Å²) >= 11 is 5.54. The Morgan fingerprint density at radius 2 is 2.33 bits per heavy atom. The molecule has 1 aromatic rings. The van der Waals surface area contributed by atoms with Crippen LogP contribution in [-0.2, 0) is 11.2 Å². The van der Waals surface area contributed by atoms with Crippen molar-refractivity contribution < 1.29 is 9.90 Å². The molecule has 0 unspecified atom stereocenters. The molecule has 0 radical (unpaired) electrons. The van der Waals surface area contributed by atoms with Gasteiger partial charge >= 0.3 is 5.97 Å². The fourth-order valence-electron chi connectivity index (χ4n) is 0.770. The van der Waals surface area contributed by atoms with Gasteiger partial charge in [0.2, 0.25) is 0 Å². The maximum atomic E-state index is 10.3. The van der Waals surface area contributed by atoms with Crippen LogP contribution >= 0.6 is 11.6 Å². The number of carbonyl (C=O) groups is 1. The lowest BCUT2D eigenvalue weighted by atomic mass is 10.2. The highest BCUT2D eigenvalue weighted by Crippen LogP contribution is 2.13. The standard InChI is InChI=1S/C7H7ClN2O2/c8-6-2-1-4(9)5(10-6)3-7(11)12/h1-2H,3,9H2,(H,11,12). The van der Waals surface area contributed by atoms with E-state index in [0.29, 0.717) is 11.4 Å². The van der Waals surface area contributed by atoms with E-state index in [1.165, 1.54) is 12.1 Å². The predicted molar refractivity (Wildman–Crippen MR) is 45.0 cm³/mol. The quantitative estimate of drug-likeness (QED) is 0.674. The van der Waals surface area contributed by atoms with Crippen molar-refractivity contribution in [3.8, 4) is 0 Å². The molecule has 0 atom stereocenters. The zero-order valence-corrected chi connectivity index (χ0v) is 6.88. The van der Waals surface area contributed by atoms with E-state index in [2.05, 4.69) is 4.98 Å². The summed E-state index contributed by atoms with van der Waals surface area (Å²) in [5.41, 5.74) is 6.10. The molecule has 0 spiro atoms. The molecule has 0 aliphatic rings. The monoisotopic (exact) mass is 186 g/mol. The number of anilines is 1. The van der Waals surface area contributed by atoms with Gasteiger partial charge in [-0.15, -0.1) is 0 Å². The molecule has 0 amide bonds. The van der Waals surface area contributed by atoms with E-state index in [4.69, 9.17) is 22.4 Å². The van der Waals surface area contributed by atoms with Crippen molar-refractivity contribution in [1.29, 1.82) is 0 Å². The first-order chi connectivity index (χ1) is 5.59. The van der Waals surface area contributed by atoms with Crippen LogP contribution < -0.4 is 5.73 Å². The number of nitrogens with two attached hydrogens (primary N) is 1. The fourth-order valence-corrected chi connectivity index (χ4v) is 0.935. The lowest BCUT2D eigenvalue weighted by molar-refractivity contribution is -0.136. The van der Waals surface area contributed by atoms with Crippen LogP contribution in [-0.4, -0.2) is 16.1 Å². The lowest BCUT2D eigenvalue weighted by Gasteiger charge is -2.00. The first kappa shape index (κ1) is 8.80. The highest BCUT2D eigenvalue weighted by molar-refractivity contribution is 6.29. The summed E-state index contributed by atoms with van der Waals surface area (Å²) in [5, 5.41) is 8.69. The maximum Gasteiger partial charge on any atom is 0.309 e. The fraction of sp³-hybridized carbons (Fsp3) is 0.143. The van der Waals surface area contributed by atoms with Gasteiger partial charge in [-0.1, -0.05) is 11.6 Å². The van der Waals surface area contributed by atoms with Crippen molar-refractivity contribution >= 4 is 23.3 Å². The normalized spacial score (nSPS) is 9.75. The average Bonchev–Trinajstić information content (AvgIpc) is 1.96. The number of nitrogens with zero attached hydrogens (tertiary/aromatic N) is 1. The van der Waals surface area contributed by atoms with Gasteiger partial charge < -0.3 is 10.8 Å². The Morgan fingerprint density at radius 1 is 1.67 bits per heavy atom. The third kappa shape index (κ3) is 2.10. The van der Waals surface area contributed by atoms with Gasteiger partial charge in [0, 0.05) is 0 Å². The van der Waals surface area contributed by atoms with Gasteiger partial charge in [0.25, 0.3) is 0 Å². The second-order valence-electron chi connectivity index (χ2n) is 2.24. The Bertz CT molecular complexity index is 314. The zero-order chi connectivity index (χ0) is 9.14. The first-order valence-corrected chi connectivity index (χ1v) is 3.60. The van der Waals surface area contributed by atoms with Crippen molar-refractivity contribution in [2.45, 2.75) is 6.42 Å². The van der Waals surface area contributed by atoms with Crippen LogP contribution in [0.2, 0.25) is 5.15 Å². The summed E-state index contributed by atoms with van der Waals surface area (Å²) in [7, 11) is 0. The third-order valence-corrected chi connectivity index (χ3v) is 1.50. The molecular formula is C7H7ClN2O2. The summed E-state index contributed by atoms with van der Waals surface area (Å²) in [6, 6.07) is 3.05. The van der Waals surface area contributed by atoms with E-state index in [0.717, 1.165) is 0 Å². The number of halogens is 1. The number of rotatable bonds is 2. The van der Waals surface area contributed by atoms with Gasteiger partial charge in [0.05, 0.1) is 17.8 Å². The largest absolute Gasteiger partial charge is 0.481 e. The second kappa shape index (κ2) is 3.40. The molecule has 1 aromatic heterocycles. The molecule has 1 heterocycles. The van der Waals surface area contributed by atoms with E-state index in [-0.39, 0.29) is 11.6 Å². The number of pyridine rings is 1. The molecule has 0 saturated carbocycles. The van der Waals surface area contributed by atoms with E-state index in [9.17, 15) is 4.79 Å². The number of nitrogen functional groups attached to an aromatic ring is 1. The van der Waals surface area contributed by atoms with E-state index < -0.39 is 5.97 Å². The summed E-state index contributed by atoms with van der Waals surface area (Å²) in [6.07, 6.45) is -0.202. The smallest absolute Gasteiger partial charge is 0.309 e. The van der Waals surface area contributed by atoms with E-state index in [1.54, 1.807) is 0 Å². The molecule has 0 aromatic carbocycles. The Morgan fingerprint density at radius 3 is 2.92 bits per heavy atom. The van der Waals surface area contributed by atoms with Crippen molar-refractivity contribution in [2.24, 2.45) is 0 Å². The van der Waals surface area contributed by atoms with Crippen molar-refractivity contribution in [3.63, 3.8) is 0 Å². The molecule has 0 fully saturated rings. The third-order valence-electron chi connectivity index (χ3n) is 1.29. The van der Waals surface area contributed by atoms with Crippen molar-refractivity contribution in [2.75, 3.05) is 5.73 Å². The second-order valence-corrected chi connectivity index (χ2v) is 2.63. The Balaban J connectivity index is 2.97. The maximum absolute atomic E-state index is 10.3. The summed E-state index contributed by atoms with van der Waals surface area (Å²) < 4.78 is 0. The van der Waals surface area contributed by atoms with Crippen molar-refractivity contribution in [3.05, 3.63) is 23.0 Å². The van der Waals surface area contributed by atoms with Crippen molar-refractivity contribution in [1.82, 2.24) is 4.98 Å². The number of carboxylic acid groups (broad SMARTS) is 1. The van der Waals surface area contributed by atoms with Gasteiger partial charge in [-0.2, -0.15) is 0 Å². The van der Waals surface area contributed by atoms with E-state index >= 15 is 0 Å². The number of hydrogen-bond donors (Lipinski definition) is 2. The molecule has 4 nitrogen and oxygen atoms in total. The highest BCUT2D eigenvalue weighted by atomic mass is 35.5. The Hall–Kier alpha value is -1.29. The molecule has 64 valence electrons. The van der Waals surface area contributed by atoms with Gasteiger partial charge in [0.1, 0.15) is 5.15 Å². The molecular weight excluding hydrogens is 180 g/mol. The van der Waals surface area contributed by atoms with E-state index in [1.807, 2.05) is 0 Å². The minimum atomic E-state index is -0.975. The van der Waals surface area contributed by atoms with Gasteiger partial charge in [-0.05, 0) is 12.1 Å².